The molecule has 0 fully saturated rings. The lowest BCUT2D eigenvalue weighted by Gasteiger charge is -2.41. The molecule has 0 heterocycles. The molecule has 0 aromatic carbocycles. The van der Waals surface area contributed by atoms with Crippen LogP contribution in [0.2, 0.25) is 0 Å². The summed E-state index contributed by atoms with van der Waals surface area (Å²) in [4.78, 5) is 162. The Morgan fingerprint density at radius 1 is 0.482 bits per heavy atom. The van der Waals surface area contributed by atoms with Crippen LogP contribution >= 0.6 is 0 Å². The molecule has 23 heteroatoms. The van der Waals surface area contributed by atoms with Crippen molar-refractivity contribution in [1.29, 1.82) is 0 Å². The van der Waals surface area contributed by atoms with Crippen LogP contribution in [0.3, 0.4) is 0 Å². The molecule has 0 rings (SSSR count). The van der Waals surface area contributed by atoms with E-state index in [2.05, 4.69) is 16.0 Å². The van der Waals surface area contributed by atoms with E-state index in [1.54, 1.807) is 67.7 Å². The van der Waals surface area contributed by atoms with Crippen molar-refractivity contribution in [1.82, 2.24) is 50.2 Å². The summed E-state index contributed by atoms with van der Waals surface area (Å²) >= 11 is 0. The van der Waals surface area contributed by atoms with E-state index in [1.807, 2.05) is 55.4 Å². The summed E-state index contributed by atoms with van der Waals surface area (Å²) in [5, 5.41) is 20.2. The maximum absolute atomic E-state index is 15.1. The summed E-state index contributed by atoms with van der Waals surface area (Å²) in [6, 6.07) is -10.5. The van der Waals surface area contributed by atoms with E-state index in [-0.39, 0.29) is 61.2 Å². The molecule has 6 N–H and O–H groups in total. The lowest BCUT2D eigenvalue weighted by atomic mass is 9.91. The second kappa shape index (κ2) is 35.2. The minimum Gasteiger partial charge on any atom is -0.390 e. The first-order valence-corrected chi connectivity index (χ1v) is 29.5. The smallest absolute Gasteiger partial charge is 0.246 e. The van der Waals surface area contributed by atoms with E-state index in [9.17, 15) is 48.3 Å². The van der Waals surface area contributed by atoms with E-state index < -0.39 is 138 Å². The van der Waals surface area contributed by atoms with Crippen LogP contribution in [0.4, 0.5) is 0 Å². The van der Waals surface area contributed by atoms with Crippen LogP contribution in [0, 0.1) is 41.4 Å². The van der Waals surface area contributed by atoms with Crippen LogP contribution in [0.5, 0.6) is 0 Å². The molecule has 0 radical (unpaired) electrons. The number of hydrogen-bond acceptors (Lipinski definition) is 12. The Morgan fingerprint density at radius 3 is 1.37 bits per heavy atom. The fourth-order valence-corrected chi connectivity index (χ4v) is 9.57. The highest BCUT2D eigenvalue weighted by Crippen LogP contribution is 2.25. The Labute approximate surface area is 496 Å². The summed E-state index contributed by atoms with van der Waals surface area (Å²) in [6.45, 7) is 29.5. The van der Waals surface area contributed by atoms with Crippen molar-refractivity contribution >= 4 is 65.0 Å². The monoisotopic (exact) mass is 1180 g/mol. The molecule has 0 saturated carbocycles. The second-order valence-electron chi connectivity index (χ2n) is 24.8. The van der Waals surface area contributed by atoms with E-state index in [1.165, 1.54) is 75.7 Å². The van der Waals surface area contributed by atoms with Crippen LogP contribution in [0.15, 0.2) is 12.2 Å². The van der Waals surface area contributed by atoms with Gasteiger partial charge in [-0.3, -0.25) is 52.7 Å². The number of carbonyl (C=O) groups excluding carboxylic acids is 11. The van der Waals surface area contributed by atoms with Crippen LogP contribution in [0.1, 0.15) is 150 Å². The third-order valence-corrected chi connectivity index (χ3v) is 15.8. The summed E-state index contributed by atoms with van der Waals surface area (Å²) in [6.07, 6.45) is 2.99. The number of nitrogens with zero attached hydrogens (tertiary/aromatic N) is 7. The normalized spacial score (nSPS) is 16.1. The molecule has 1 unspecified atom stereocenters. The number of likely N-dealkylation sites (N-methyl/N-ethyl adjacent to an activating group) is 7. The molecule has 0 bridgehead atoms. The van der Waals surface area contributed by atoms with Crippen LogP contribution in [0.25, 0.3) is 0 Å². The van der Waals surface area contributed by atoms with Crippen molar-refractivity contribution in [3.05, 3.63) is 12.2 Å². The van der Waals surface area contributed by atoms with Crippen molar-refractivity contribution < 1.29 is 57.8 Å². The lowest BCUT2D eigenvalue weighted by molar-refractivity contribution is -0.157. The highest BCUT2D eigenvalue weighted by atomic mass is 16.3. The minimum absolute atomic E-state index is 0.0409. The number of aliphatic hydroxyl groups excluding tert-OH is 1. The molecule has 11 amide bonds. The fourth-order valence-electron chi connectivity index (χ4n) is 9.57. The van der Waals surface area contributed by atoms with Crippen molar-refractivity contribution in [2.24, 2.45) is 47.2 Å². The molecule has 12 atom stereocenters. The quantitative estimate of drug-likeness (QED) is 0.0582. The molecular weight excluding hydrogens is 1070 g/mol. The van der Waals surface area contributed by atoms with Crippen LogP contribution in [-0.2, 0) is 52.7 Å². The van der Waals surface area contributed by atoms with Gasteiger partial charge < -0.3 is 61.1 Å². The molecule has 0 aliphatic rings. The van der Waals surface area contributed by atoms with Gasteiger partial charge in [0.1, 0.15) is 54.4 Å². The zero-order chi connectivity index (χ0) is 65.0. The second-order valence-corrected chi connectivity index (χ2v) is 24.8. The third kappa shape index (κ3) is 22.4. The molecule has 0 aliphatic carbocycles. The van der Waals surface area contributed by atoms with Crippen molar-refractivity contribution in [3.8, 4) is 0 Å². The SMILES string of the molecule is C/C=C\C[C@@H](C)[C@H](O)C(C(=O)N[C@@H](CC)C(=O)N(C)CC(=O)N(C)[C@H](C)C(N)=O)N(C)C(=O)[C@@H](C(C)C)N(C)C(=O)[C@@H](CC(C)C)N(C)C(=O)[C@@H](CC(C)C)N(C)C(=O)[C@H](C)NC(=O)[C@@H](CC(C)C)NC(=O)[C@H](C)N(C)C(=O)[C@H](C)C(C)C. The molecule has 0 aromatic rings. The number of rotatable bonds is 34. The molecule has 23 nitrogen and oxygen atoms in total. The maximum Gasteiger partial charge on any atom is 0.246 e. The molecule has 0 aliphatic heterocycles. The zero-order valence-electron chi connectivity index (χ0n) is 54.9. The van der Waals surface area contributed by atoms with Gasteiger partial charge in [0.05, 0.1) is 12.6 Å². The van der Waals surface area contributed by atoms with Crippen LogP contribution < -0.4 is 21.7 Å². The molecule has 0 spiro atoms. The Morgan fingerprint density at radius 2 is 0.940 bits per heavy atom. The van der Waals surface area contributed by atoms with Gasteiger partial charge in [0.2, 0.25) is 65.0 Å². The first-order valence-electron chi connectivity index (χ1n) is 29.5. The predicted molar refractivity (Wildman–Crippen MR) is 321 cm³/mol. The first kappa shape index (κ1) is 76.9. The predicted octanol–water partition coefficient (Wildman–Crippen LogP) is 2.87. The standard InChI is InChI=1S/C60H109N11O12/c1-25-27-28-38(13)50(73)49(54(77)63-43(26-2)57(80)65(18)32-47(72)66(19)41(16)51(61)74)71(24)60(83)48(37(11)12)70(23)59(82)46(31-35(7)8)69(22)58(81)45(30-34(5)6)68(21)56(79)40(15)62-53(76)44(29-33(3)4)64-52(75)42(17)67(20)55(78)39(14)36(9)10/h25,27,33-46,48-50,73H,26,28-32H2,1-24H3,(H2,61,74)(H,62,76)(H,63,77)(H,64,75)/b27-25-/t38-,39-,40+,41-,42+,43+,44-,45-,46-,48-,49?,50+/m1/s1. The van der Waals surface area contributed by atoms with E-state index in [0.29, 0.717) is 6.42 Å². The van der Waals surface area contributed by atoms with Gasteiger partial charge in [-0.15, -0.1) is 0 Å². The number of nitrogens with one attached hydrogen (secondary N) is 3. The highest BCUT2D eigenvalue weighted by molar-refractivity contribution is 5.98. The number of aliphatic hydroxyl groups is 1. The van der Waals surface area contributed by atoms with Crippen molar-refractivity contribution in [3.63, 3.8) is 0 Å². The Bertz CT molecular complexity index is 2240. The maximum atomic E-state index is 15.1. The van der Waals surface area contributed by atoms with Crippen molar-refractivity contribution in [2.75, 3.05) is 55.9 Å². The number of carbonyl (C=O) groups is 11. The van der Waals surface area contributed by atoms with Crippen molar-refractivity contribution in [2.45, 2.75) is 210 Å². The summed E-state index contributed by atoms with van der Waals surface area (Å²) in [5.74, 6) is -8.61. The lowest BCUT2D eigenvalue weighted by Crippen LogP contribution is -2.63. The fraction of sp³-hybridized carbons (Fsp3) is 0.783. The molecule has 0 aromatic heterocycles. The van der Waals surface area contributed by atoms with Gasteiger partial charge in [0, 0.05) is 55.3 Å². The van der Waals surface area contributed by atoms with E-state index in [0.717, 1.165) is 14.7 Å². The third-order valence-electron chi connectivity index (χ3n) is 15.8. The highest BCUT2D eigenvalue weighted by Gasteiger charge is 2.45. The molecule has 0 saturated heterocycles. The van der Waals surface area contributed by atoms with Gasteiger partial charge in [-0.1, -0.05) is 102 Å². The summed E-state index contributed by atoms with van der Waals surface area (Å²) < 4.78 is 0. The van der Waals surface area contributed by atoms with E-state index >= 15 is 9.59 Å². The number of hydrogen-bond donors (Lipinski definition) is 5. The number of nitrogens with two attached hydrogens (primary N) is 1. The van der Waals surface area contributed by atoms with Gasteiger partial charge in [0.25, 0.3) is 0 Å². The number of amides is 11. The number of primary amides is 1. The van der Waals surface area contributed by atoms with E-state index in [4.69, 9.17) is 5.73 Å². The molecular formula is C60H109N11O12. The molecule has 476 valence electrons. The van der Waals surface area contributed by atoms with Gasteiger partial charge >= 0.3 is 0 Å². The number of allylic oxidation sites excluding steroid dienone is 2. The average Bonchev–Trinajstić information content (AvgIpc) is 3.45. The Hall–Kier alpha value is -6.13. The van der Waals surface area contributed by atoms with Gasteiger partial charge in [-0.25, -0.2) is 0 Å². The minimum atomic E-state index is -1.59. The Balaban J connectivity index is 7.11. The van der Waals surface area contributed by atoms with Gasteiger partial charge in [0.15, 0.2) is 0 Å². The zero-order valence-corrected chi connectivity index (χ0v) is 54.9. The average molecular weight is 1180 g/mol. The largest absolute Gasteiger partial charge is 0.390 e. The van der Waals surface area contributed by atoms with Gasteiger partial charge in [-0.05, 0) is 95.3 Å². The van der Waals surface area contributed by atoms with Gasteiger partial charge in [-0.2, -0.15) is 0 Å². The molecule has 83 heavy (non-hydrogen) atoms. The summed E-state index contributed by atoms with van der Waals surface area (Å²) in [5.41, 5.74) is 5.38. The van der Waals surface area contributed by atoms with Crippen LogP contribution in [-0.4, -0.2) is 221 Å². The first-order chi connectivity index (χ1) is 38.2. The topological polar surface area (TPSA) is 293 Å². The Kier molecular flexibility index (Phi) is 32.6. The summed E-state index contributed by atoms with van der Waals surface area (Å²) in [7, 11) is 9.96.